The quantitative estimate of drug-likeness (QED) is 0.624. The Bertz CT molecular complexity index is 612. The minimum Gasteiger partial charge on any atom is -0.493 e. The molecular weight excluding hydrogens is 342 g/mol. The molecule has 0 aliphatic carbocycles. The number of carbonyl (C=O) groups is 1. The fraction of sp³-hybridized carbons (Fsp3) is 0.533. The van der Waals surface area contributed by atoms with Crippen LogP contribution < -0.4 is 4.74 Å². The molecule has 0 aromatic heterocycles. The number of halogens is 6. The largest absolute Gasteiger partial charge is 0.493 e. The maximum absolute atomic E-state index is 13.7. The zero-order valence-corrected chi connectivity index (χ0v) is 13.0. The lowest BCUT2D eigenvalue weighted by molar-refractivity contribution is -0.333. The first kappa shape index (κ1) is 20.3. The van der Waals surface area contributed by atoms with Crippen molar-refractivity contribution in [2.75, 3.05) is 7.11 Å². The normalized spacial score (nSPS) is 15.8. The van der Waals surface area contributed by atoms with E-state index in [9.17, 15) is 36.2 Å². The Hall–Kier alpha value is -1.77. The smallest absolute Gasteiger partial charge is 0.456 e. The van der Waals surface area contributed by atoms with Crippen molar-refractivity contribution in [2.45, 2.75) is 43.4 Å². The van der Waals surface area contributed by atoms with Crippen LogP contribution in [-0.4, -0.2) is 36.2 Å². The van der Waals surface area contributed by atoms with Gasteiger partial charge in [-0.3, -0.25) is 4.79 Å². The molecule has 0 aliphatic rings. The van der Waals surface area contributed by atoms with Crippen LogP contribution in [0.1, 0.15) is 25.8 Å². The van der Waals surface area contributed by atoms with Gasteiger partial charge in [0.15, 0.2) is 23.5 Å². The third-order valence-electron chi connectivity index (χ3n) is 3.71. The van der Waals surface area contributed by atoms with Crippen LogP contribution in [-0.2, 0) is 10.2 Å². The summed E-state index contributed by atoms with van der Waals surface area (Å²) in [5, 5.41) is 9.74. The lowest BCUT2D eigenvalue weighted by atomic mass is 9.73. The van der Waals surface area contributed by atoms with Crippen LogP contribution in [0.15, 0.2) is 18.2 Å². The van der Waals surface area contributed by atoms with E-state index in [1.54, 1.807) is 0 Å². The molecule has 0 saturated heterocycles. The summed E-state index contributed by atoms with van der Waals surface area (Å²) in [6.45, 7) is 2.37. The molecule has 136 valence electrons. The predicted octanol–water partition coefficient (Wildman–Crippen LogP) is 3.63. The van der Waals surface area contributed by atoms with Gasteiger partial charge in [0.2, 0.25) is 0 Å². The number of aliphatic hydroxyl groups is 1. The molecule has 0 saturated carbocycles. The van der Waals surface area contributed by atoms with Crippen LogP contribution in [0.4, 0.5) is 26.3 Å². The van der Waals surface area contributed by atoms with Gasteiger partial charge in [0.05, 0.1) is 7.11 Å². The highest BCUT2D eigenvalue weighted by Crippen LogP contribution is 2.48. The van der Waals surface area contributed by atoms with E-state index in [-0.39, 0.29) is 11.3 Å². The minimum atomic E-state index is -6.13. The average Bonchev–Trinajstić information content (AvgIpc) is 2.45. The Morgan fingerprint density at radius 3 is 2.12 bits per heavy atom. The molecule has 9 heteroatoms. The molecule has 0 fully saturated rings. The number of alkyl halides is 5. The van der Waals surface area contributed by atoms with Crippen LogP contribution in [0.2, 0.25) is 0 Å². The highest BCUT2D eigenvalue weighted by atomic mass is 19.4. The third-order valence-corrected chi connectivity index (χ3v) is 3.71. The molecule has 0 aliphatic heterocycles. The summed E-state index contributed by atoms with van der Waals surface area (Å²) in [5.41, 5.74) is -5.73. The number of ether oxygens (including phenoxy) is 1. The number of para-hydroxylation sites is 1. The second-order valence-electron chi connectivity index (χ2n) is 6.00. The minimum absolute atomic E-state index is 0.0664. The molecule has 1 aromatic rings. The molecule has 1 N–H and O–H groups in total. The summed E-state index contributed by atoms with van der Waals surface area (Å²) in [5.74, 6) is -6.91. The molecule has 1 atom stereocenters. The first-order chi connectivity index (χ1) is 10.7. The Morgan fingerprint density at radius 1 is 1.17 bits per heavy atom. The van der Waals surface area contributed by atoms with Gasteiger partial charge in [0, 0.05) is 5.56 Å². The molecule has 1 rings (SSSR count). The van der Waals surface area contributed by atoms with E-state index in [4.69, 9.17) is 4.74 Å². The standard InChI is InChI=1S/C15H16F6O3/c1-12(2,9-5-4-6-10(16)11(9)24-3)7-13(23,8-22)14(17,18)15(19,20)21/h4-6,8,23H,7H2,1-3H3. The first-order valence-corrected chi connectivity index (χ1v) is 6.70. The molecule has 1 unspecified atom stereocenters. The molecule has 24 heavy (non-hydrogen) atoms. The lowest BCUT2D eigenvalue weighted by Gasteiger charge is -2.38. The van der Waals surface area contributed by atoms with Gasteiger partial charge in [-0.1, -0.05) is 26.0 Å². The van der Waals surface area contributed by atoms with E-state index in [1.807, 2.05) is 0 Å². The SMILES string of the molecule is COc1c(F)cccc1C(C)(C)CC(O)(C=O)C(F)(F)C(F)(F)F. The lowest BCUT2D eigenvalue weighted by Crippen LogP contribution is -2.60. The van der Waals surface area contributed by atoms with Crippen molar-refractivity contribution in [1.82, 2.24) is 0 Å². The third kappa shape index (κ3) is 3.35. The topological polar surface area (TPSA) is 46.5 Å². The van der Waals surface area contributed by atoms with E-state index in [0.29, 0.717) is 0 Å². The van der Waals surface area contributed by atoms with Gasteiger partial charge in [0.25, 0.3) is 0 Å². The van der Waals surface area contributed by atoms with E-state index in [1.165, 1.54) is 26.0 Å². The maximum Gasteiger partial charge on any atom is 0.456 e. The molecule has 1 aromatic carbocycles. The highest BCUT2D eigenvalue weighted by Gasteiger charge is 2.71. The number of hydrogen-bond acceptors (Lipinski definition) is 3. The van der Waals surface area contributed by atoms with Crippen molar-refractivity contribution in [3.8, 4) is 5.75 Å². The van der Waals surface area contributed by atoms with Crippen LogP contribution >= 0.6 is 0 Å². The summed E-state index contributed by atoms with van der Waals surface area (Å²) in [6, 6.07) is 3.46. The molecule has 0 amide bonds. The van der Waals surface area contributed by atoms with Gasteiger partial charge < -0.3 is 9.84 Å². The van der Waals surface area contributed by atoms with E-state index < -0.39 is 41.6 Å². The van der Waals surface area contributed by atoms with Gasteiger partial charge in [-0.05, 0) is 17.9 Å². The van der Waals surface area contributed by atoms with E-state index >= 15 is 0 Å². The molecule has 0 heterocycles. The summed E-state index contributed by atoms with van der Waals surface area (Å²) in [4.78, 5) is 10.9. The van der Waals surface area contributed by atoms with Crippen molar-refractivity contribution in [2.24, 2.45) is 0 Å². The number of benzene rings is 1. The summed E-state index contributed by atoms with van der Waals surface area (Å²) in [6.07, 6.45) is -8.28. The fourth-order valence-electron chi connectivity index (χ4n) is 2.49. The van der Waals surface area contributed by atoms with Crippen molar-refractivity contribution < 1.29 is 41.0 Å². The zero-order valence-electron chi connectivity index (χ0n) is 13.0. The van der Waals surface area contributed by atoms with Crippen molar-refractivity contribution >= 4 is 6.29 Å². The van der Waals surface area contributed by atoms with Crippen LogP contribution in [0, 0.1) is 5.82 Å². The van der Waals surface area contributed by atoms with Gasteiger partial charge >= 0.3 is 12.1 Å². The monoisotopic (exact) mass is 358 g/mol. The predicted molar refractivity (Wildman–Crippen MR) is 72.6 cm³/mol. The highest BCUT2D eigenvalue weighted by molar-refractivity contribution is 5.65. The zero-order chi connectivity index (χ0) is 19.0. The number of aldehydes is 1. The van der Waals surface area contributed by atoms with Crippen LogP contribution in [0.3, 0.4) is 0 Å². The fourth-order valence-corrected chi connectivity index (χ4v) is 2.49. The number of carbonyl (C=O) groups excluding carboxylic acids is 1. The molecule has 0 bridgehead atoms. The first-order valence-electron chi connectivity index (χ1n) is 6.70. The van der Waals surface area contributed by atoms with Crippen molar-refractivity contribution in [1.29, 1.82) is 0 Å². The summed E-state index contributed by atoms with van der Waals surface area (Å²) >= 11 is 0. The number of methoxy groups -OCH3 is 1. The Morgan fingerprint density at radius 2 is 1.71 bits per heavy atom. The summed E-state index contributed by atoms with van der Waals surface area (Å²) < 4.78 is 83.3. The maximum atomic E-state index is 13.7. The second-order valence-corrected chi connectivity index (χ2v) is 6.00. The van der Waals surface area contributed by atoms with Crippen molar-refractivity contribution in [3.63, 3.8) is 0 Å². The van der Waals surface area contributed by atoms with Crippen molar-refractivity contribution in [3.05, 3.63) is 29.6 Å². The number of hydrogen-bond donors (Lipinski definition) is 1. The Kier molecular flexibility index (Phi) is 5.30. The van der Waals surface area contributed by atoms with Crippen LogP contribution in [0.5, 0.6) is 5.75 Å². The van der Waals surface area contributed by atoms with Gasteiger partial charge in [0.1, 0.15) is 0 Å². The average molecular weight is 358 g/mol. The molecular formula is C15H16F6O3. The summed E-state index contributed by atoms with van der Waals surface area (Å²) in [7, 11) is 1.09. The van der Waals surface area contributed by atoms with Gasteiger partial charge in [-0.2, -0.15) is 22.0 Å². The van der Waals surface area contributed by atoms with Crippen LogP contribution in [0.25, 0.3) is 0 Å². The second kappa shape index (κ2) is 6.27. The van der Waals surface area contributed by atoms with E-state index in [0.717, 1.165) is 13.2 Å². The molecule has 0 spiro atoms. The molecule has 3 nitrogen and oxygen atoms in total. The number of rotatable bonds is 6. The van der Waals surface area contributed by atoms with Gasteiger partial charge in [-0.25, -0.2) is 4.39 Å². The van der Waals surface area contributed by atoms with E-state index in [2.05, 4.69) is 0 Å². The molecule has 0 radical (unpaired) electrons. The Balaban J connectivity index is 3.40. The Labute approximate surface area is 134 Å². The van der Waals surface area contributed by atoms with Gasteiger partial charge in [-0.15, -0.1) is 0 Å².